The van der Waals surface area contributed by atoms with Gasteiger partial charge in [0.25, 0.3) is 0 Å². The third kappa shape index (κ3) is 2.49. The molecule has 1 aliphatic rings. The van der Waals surface area contributed by atoms with E-state index in [4.69, 9.17) is 5.11 Å². The summed E-state index contributed by atoms with van der Waals surface area (Å²) < 4.78 is 34.1. The molecule has 1 aromatic rings. The maximum Gasteiger partial charge on any atom is 0.586 e. The van der Waals surface area contributed by atoms with Crippen molar-refractivity contribution < 1.29 is 33.0 Å². The number of ether oxygens (including phenoxy) is 2. The molecule has 0 bridgehead atoms. The van der Waals surface area contributed by atoms with E-state index in [1.54, 1.807) is 0 Å². The number of carbonyl (C=O) groups excluding carboxylic acids is 1. The fourth-order valence-electron chi connectivity index (χ4n) is 1.41. The molecule has 108 valence electrons. The van der Waals surface area contributed by atoms with Gasteiger partial charge in [-0.25, -0.2) is 0 Å². The van der Waals surface area contributed by atoms with Crippen LogP contribution in [-0.2, 0) is 9.59 Å². The number of aliphatic carboxylic acids is 1. The molecule has 0 fully saturated rings. The Hall–Kier alpha value is -2.38. The number of amides is 1. The largest absolute Gasteiger partial charge is 0.586 e. The van der Waals surface area contributed by atoms with Gasteiger partial charge in [0.2, 0.25) is 5.91 Å². The zero-order chi connectivity index (χ0) is 15.1. The molecular weight excluding hydrogens is 276 g/mol. The SMILES string of the molecule is CC(C)(C(=O)O)C(=O)Nc1ccc2c(c1)OC(F)(F)O2. The quantitative estimate of drug-likeness (QED) is 0.831. The molecule has 0 unspecified atom stereocenters. The van der Waals surface area contributed by atoms with E-state index in [2.05, 4.69) is 14.8 Å². The van der Waals surface area contributed by atoms with Crippen LogP contribution in [0.3, 0.4) is 0 Å². The van der Waals surface area contributed by atoms with Crippen molar-refractivity contribution in [1.82, 2.24) is 0 Å². The molecule has 0 atom stereocenters. The van der Waals surface area contributed by atoms with E-state index in [9.17, 15) is 18.4 Å². The van der Waals surface area contributed by atoms with Crippen molar-refractivity contribution in [2.24, 2.45) is 5.41 Å². The van der Waals surface area contributed by atoms with Crippen molar-refractivity contribution in [3.05, 3.63) is 18.2 Å². The Morgan fingerprint density at radius 2 is 1.85 bits per heavy atom. The topological polar surface area (TPSA) is 84.9 Å². The molecule has 0 spiro atoms. The summed E-state index contributed by atoms with van der Waals surface area (Å²) in [5.41, 5.74) is -1.52. The Morgan fingerprint density at radius 1 is 1.25 bits per heavy atom. The highest BCUT2D eigenvalue weighted by molar-refractivity contribution is 6.07. The van der Waals surface area contributed by atoms with Crippen LogP contribution in [0.15, 0.2) is 18.2 Å². The number of carbonyl (C=O) groups is 2. The lowest BCUT2D eigenvalue weighted by Gasteiger charge is -2.18. The second-order valence-corrected chi connectivity index (χ2v) is 4.71. The Labute approximate surface area is 112 Å². The first-order chi connectivity index (χ1) is 9.12. The molecule has 0 saturated heterocycles. The van der Waals surface area contributed by atoms with Crippen LogP contribution in [0.2, 0.25) is 0 Å². The number of halogens is 2. The number of anilines is 1. The maximum atomic E-state index is 12.8. The molecular formula is C12H11F2NO5. The summed E-state index contributed by atoms with van der Waals surface area (Å²) in [7, 11) is 0. The first-order valence-electron chi connectivity index (χ1n) is 5.56. The molecule has 0 radical (unpaired) electrons. The monoisotopic (exact) mass is 287 g/mol. The van der Waals surface area contributed by atoms with E-state index >= 15 is 0 Å². The minimum absolute atomic E-state index is 0.129. The molecule has 1 aliphatic heterocycles. The van der Waals surface area contributed by atoms with Gasteiger partial charge in [-0.2, -0.15) is 0 Å². The van der Waals surface area contributed by atoms with Gasteiger partial charge in [-0.3, -0.25) is 9.59 Å². The summed E-state index contributed by atoms with van der Waals surface area (Å²) in [6.45, 7) is 2.46. The van der Waals surface area contributed by atoms with Crippen molar-refractivity contribution >= 4 is 17.6 Å². The minimum atomic E-state index is -3.74. The minimum Gasteiger partial charge on any atom is -0.480 e. The standard InChI is InChI=1S/C12H11F2NO5/c1-11(2,10(17)18)9(16)15-6-3-4-7-8(5-6)20-12(13,14)19-7/h3-5H,1-2H3,(H,15,16)(H,17,18). The summed E-state index contributed by atoms with van der Waals surface area (Å²) in [6.07, 6.45) is -3.74. The highest BCUT2D eigenvalue weighted by atomic mass is 19.3. The average molecular weight is 287 g/mol. The molecule has 2 rings (SSSR count). The van der Waals surface area contributed by atoms with Crippen LogP contribution in [0.5, 0.6) is 11.5 Å². The van der Waals surface area contributed by atoms with Crippen LogP contribution in [0.1, 0.15) is 13.8 Å². The first-order valence-corrected chi connectivity index (χ1v) is 5.56. The van der Waals surface area contributed by atoms with Crippen LogP contribution in [0.4, 0.5) is 14.5 Å². The van der Waals surface area contributed by atoms with E-state index in [0.717, 1.165) is 6.07 Å². The third-order valence-electron chi connectivity index (χ3n) is 2.76. The molecule has 1 aromatic carbocycles. The molecule has 20 heavy (non-hydrogen) atoms. The van der Waals surface area contributed by atoms with Gasteiger partial charge in [0.05, 0.1) is 0 Å². The Morgan fingerprint density at radius 3 is 2.45 bits per heavy atom. The van der Waals surface area contributed by atoms with E-state index < -0.39 is 23.6 Å². The van der Waals surface area contributed by atoms with Gasteiger partial charge in [0.1, 0.15) is 5.41 Å². The summed E-state index contributed by atoms with van der Waals surface area (Å²) in [5.74, 6) is -2.48. The number of nitrogens with one attached hydrogen (secondary N) is 1. The summed E-state index contributed by atoms with van der Waals surface area (Å²) in [5, 5.41) is 11.2. The third-order valence-corrected chi connectivity index (χ3v) is 2.76. The normalized spacial score (nSPS) is 15.8. The lowest BCUT2D eigenvalue weighted by Crippen LogP contribution is -2.37. The van der Waals surface area contributed by atoms with Gasteiger partial charge < -0.3 is 19.9 Å². The van der Waals surface area contributed by atoms with Crippen molar-refractivity contribution in [2.75, 3.05) is 5.32 Å². The van der Waals surface area contributed by atoms with E-state index in [0.29, 0.717) is 0 Å². The van der Waals surface area contributed by atoms with Crippen molar-refractivity contribution in [3.63, 3.8) is 0 Å². The summed E-state index contributed by atoms with van der Waals surface area (Å²) >= 11 is 0. The average Bonchev–Trinajstić information content (AvgIpc) is 2.61. The number of rotatable bonds is 3. The molecule has 0 aliphatic carbocycles. The lowest BCUT2D eigenvalue weighted by molar-refractivity contribution is -0.286. The van der Waals surface area contributed by atoms with Gasteiger partial charge in [-0.15, -0.1) is 8.78 Å². The van der Waals surface area contributed by atoms with Crippen LogP contribution < -0.4 is 14.8 Å². The van der Waals surface area contributed by atoms with Gasteiger partial charge in [0.15, 0.2) is 11.5 Å². The van der Waals surface area contributed by atoms with Gasteiger partial charge >= 0.3 is 12.3 Å². The van der Waals surface area contributed by atoms with Crippen LogP contribution in [-0.4, -0.2) is 23.3 Å². The Kier molecular flexibility index (Phi) is 3.04. The van der Waals surface area contributed by atoms with E-state index in [-0.39, 0.29) is 17.2 Å². The van der Waals surface area contributed by atoms with Gasteiger partial charge in [-0.1, -0.05) is 0 Å². The molecule has 0 aromatic heterocycles. The van der Waals surface area contributed by atoms with Crippen LogP contribution in [0, 0.1) is 5.41 Å². The van der Waals surface area contributed by atoms with Gasteiger partial charge in [-0.05, 0) is 26.0 Å². The second-order valence-electron chi connectivity index (χ2n) is 4.71. The lowest BCUT2D eigenvalue weighted by atomic mass is 9.92. The number of hydrogen-bond acceptors (Lipinski definition) is 4. The fourth-order valence-corrected chi connectivity index (χ4v) is 1.41. The van der Waals surface area contributed by atoms with Crippen molar-refractivity contribution in [2.45, 2.75) is 20.1 Å². The van der Waals surface area contributed by atoms with E-state index in [1.165, 1.54) is 26.0 Å². The number of benzene rings is 1. The number of hydrogen-bond donors (Lipinski definition) is 2. The molecule has 0 saturated carbocycles. The zero-order valence-corrected chi connectivity index (χ0v) is 10.6. The van der Waals surface area contributed by atoms with Crippen molar-refractivity contribution in [1.29, 1.82) is 0 Å². The molecule has 6 nitrogen and oxygen atoms in total. The number of carboxylic acid groups (broad SMARTS) is 1. The smallest absolute Gasteiger partial charge is 0.480 e. The maximum absolute atomic E-state index is 12.8. The summed E-state index contributed by atoms with van der Waals surface area (Å²) in [6, 6.07) is 3.63. The highest BCUT2D eigenvalue weighted by Crippen LogP contribution is 2.42. The number of carboxylic acids is 1. The Bertz CT molecular complexity index is 585. The number of alkyl halides is 2. The van der Waals surface area contributed by atoms with Gasteiger partial charge in [0, 0.05) is 11.8 Å². The predicted molar refractivity (Wildman–Crippen MR) is 62.7 cm³/mol. The van der Waals surface area contributed by atoms with E-state index in [1.807, 2.05) is 0 Å². The van der Waals surface area contributed by atoms with Crippen LogP contribution >= 0.6 is 0 Å². The fraction of sp³-hybridized carbons (Fsp3) is 0.333. The summed E-state index contributed by atoms with van der Waals surface area (Å²) in [4.78, 5) is 22.7. The predicted octanol–water partition coefficient (Wildman–Crippen LogP) is 2.06. The van der Waals surface area contributed by atoms with Crippen molar-refractivity contribution in [3.8, 4) is 11.5 Å². The Balaban J connectivity index is 2.18. The number of fused-ring (bicyclic) bond motifs is 1. The molecule has 1 heterocycles. The highest BCUT2D eigenvalue weighted by Gasteiger charge is 2.43. The second kappa shape index (κ2) is 4.32. The molecule has 1 amide bonds. The molecule has 8 heteroatoms. The molecule has 2 N–H and O–H groups in total. The van der Waals surface area contributed by atoms with Crippen LogP contribution in [0.25, 0.3) is 0 Å². The first kappa shape index (κ1) is 14.0. The zero-order valence-electron chi connectivity index (χ0n) is 10.6.